The zero-order chi connectivity index (χ0) is 32.3. The van der Waals surface area contributed by atoms with Crippen molar-refractivity contribution in [1.82, 2.24) is 0 Å². The highest BCUT2D eigenvalue weighted by atomic mass is 16.3. The van der Waals surface area contributed by atoms with Gasteiger partial charge in [0.25, 0.3) is 0 Å². The Balaban J connectivity index is 1.20. The van der Waals surface area contributed by atoms with Crippen molar-refractivity contribution >= 4 is 71.7 Å². The van der Waals surface area contributed by atoms with E-state index >= 15 is 0 Å². The fraction of sp³-hybridized carbons (Fsp3) is 0. The number of benzene rings is 8. The molecule has 0 unspecified atom stereocenters. The van der Waals surface area contributed by atoms with Crippen molar-refractivity contribution < 1.29 is 8.83 Å². The molecule has 0 aliphatic heterocycles. The molecule has 8 aromatic carbocycles. The van der Waals surface area contributed by atoms with Gasteiger partial charge in [0.2, 0.25) is 0 Å². The monoisotopic (exact) mass is 627 g/mol. The topological polar surface area (TPSA) is 29.5 Å². The third kappa shape index (κ3) is 4.51. The van der Waals surface area contributed by atoms with E-state index in [4.69, 9.17) is 8.83 Å². The number of anilines is 3. The van der Waals surface area contributed by atoms with Crippen LogP contribution in [-0.4, -0.2) is 0 Å². The Labute approximate surface area is 282 Å². The van der Waals surface area contributed by atoms with Crippen LogP contribution in [0.1, 0.15) is 0 Å². The van der Waals surface area contributed by atoms with Crippen molar-refractivity contribution in [2.24, 2.45) is 0 Å². The van der Waals surface area contributed by atoms with Crippen molar-refractivity contribution in [3.05, 3.63) is 176 Å². The van der Waals surface area contributed by atoms with E-state index in [1.54, 1.807) is 0 Å². The van der Waals surface area contributed by atoms with Crippen LogP contribution in [-0.2, 0) is 0 Å². The summed E-state index contributed by atoms with van der Waals surface area (Å²) in [4.78, 5) is 2.37. The molecule has 0 radical (unpaired) electrons. The third-order valence-electron chi connectivity index (χ3n) is 9.63. The van der Waals surface area contributed by atoms with Crippen LogP contribution in [0.5, 0.6) is 0 Å². The Morgan fingerprint density at radius 3 is 1.67 bits per heavy atom. The summed E-state index contributed by atoms with van der Waals surface area (Å²) in [6.07, 6.45) is 0. The standard InChI is InChI=1S/C46H29NO2/c1-2-12-31-27-33(26-25-30(31)11-1)32-13-7-15-35(28-32)47(40-20-10-24-44-46(40)39-18-4-6-22-42(39)49-44)36-16-8-14-34(29-36)37-19-9-23-43-45(37)38-17-3-5-21-41(38)48-43/h1-29H. The van der Waals surface area contributed by atoms with E-state index in [0.717, 1.165) is 77.6 Å². The van der Waals surface area contributed by atoms with E-state index < -0.39 is 0 Å². The van der Waals surface area contributed by atoms with Gasteiger partial charge in [-0.3, -0.25) is 0 Å². The highest BCUT2D eigenvalue weighted by Gasteiger charge is 2.21. The summed E-state index contributed by atoms with van der Waals surface area (Å²) < 4.78 is 12.7. The summed E-state index contributed by atoms with van der Waals surface area (Å²) >= 11 is 0. The first-order valence-corrected chi connectivity index (χ1v) is 16.6. The number of nitrogens with zero attached hydrogens (tertiary/aromatic N) is 1. The Kier molecular flexibility index (Phi) is 6.18. The van der Waals surface area contributed by atoms with E-state index in [-0.39, 0.29) is 0 Å². The van der Waals surface area contributed by atoms with E-state index in [1.807, 2.05) is 24.3 Å². The molecule has 49 heavy (non-hydrogen) atoms. The molecule has 3 nitrogen and oxygen atoms in total. The zero-order valence-corrected chi connectivity index (χ0v) is 26.5. The molecule has 0 amide bonds. The normalized spacial score (nSPS) is 11.7. The molecule has 0 spiro atoms. The average molecular weight is 628 g/mol. The lowest BCUT2D eigenvalue weighted by atomic mass is 9.98. The van der Waals surface area contributed by atoms with E-state index in [0.29, 0.717) is 0 Å². The van der Waals surface area contributed by atoms with E-state index in [2.05, 4.69) is 157 Å². The average Bonchev–Trinajstić information content (AvgIpc) is 3.74. The lowest BCUT2D eigenvalue weighted by Crippen LogP contribution is -2.10. The minimum atomic E-state index is 0.861. The molecule has 0 aliphatic carbocycles. The molecule has 0 saturated heterocycles. The molecule has 0 aliphatic rings. The minimum absolute atomic E-state index is 0.861. The van der Waals surface area contributed by atoms with Crippen molar-refractivity contribution in [2.75, 3.05) is 4.90 Å². The van der Waals surface area contributed by atoms with Crippen LogP contribution in [0.25, 0.3) is 76.9 Å². The molecule has 0 N–H and O–H groups in total. The summed E-state index contributed by atoms with van der Waals surface area (Å²) in [6.45, 7) is 0. The van der Waals surface area contributed by atoms with Gasteiger partial charge in [0.05, 0.1) is 11.1 Å². The van der Waals surface area contributed by atoms with Crippen LogP contribution in [0.3, 0.4) is 0 Å². The summed E-state index contributed by atoms with van der Waals surface area (Å²) in [6, 6.07) is 62.1. The molecule has 0 bridgehead atoms. The molecule has 0 atom stereocenters. The van der Waals surface area contributed by atoms with Crippen LogP contribution < -0.4 is 4.90 Å². The first-order valence-electron chi connectivity index (χ1n) is 16.6. The zero-order valence-electron chi connectivity index (χ0n) is 26.5. The SMILES string of the molecule is c1cc(-c2ccc3ccccc3c2)cc(N(c2cccc(-c3cccc4oc5ccccc5c34)c2)c2cccc3oc4ccccc4c23)c1. The van der Waals surface area contributed by atoms with Gasteiger partial charge < -0.3 is 13.7 Å². The number of fused-ring (bicyclic) bond motifs is 7. The molecule has 0 fully saturated rings. The van der Waals surface area contributed by atoms with Gasteiger partial charge in [-0.2, -0.15) is 0 Å². The fourth-order valence-corrected chi connectivity index (χ4v) is 7.39. The maximum absolute atomic E-state index is 6.39. The molecular weight excluding hydrogens is 599 g/mol. The second kappa shape index (κ2) is 11.0. The molecule has 0 saturated carbocycles. The number of para-hydroxylation sites is 2. The maximum Gasteiger partial charge on any atom is 0.137 e. The van der Waals surface area contributed by atoms with Crippen molar-refractivity contribution in [1.29, 1.82) is 0 Å². The van der Waals surface area contributed by atoms with Crippen LogP contribution in [0.4, 0.5) is 17.1 Å². The largest absolute Gasteiger partial charge is 0.456 e. The van der Waals surface area contributed by atoms with Gasteiger partial charge in [0.15, 0.2) is 0 Å². The Bertz CT molecular complexity index is 2860. The minimum Gasteiger partial charge on any atom is -0.456 e. The lowest BCUT2D eigenvalue weighted by Gasteiger charge is -2.27. The summed E-state index contributed by atoms with van der Waals surface area (Å²) in [7, 11) is 0. The predicted octanol–water partition coefficient (Wildman–Crippen LogP) is 13.4. The van der Waals surface area contributed by atoms with Crippen molar-refractivity contribution in [2.45, 2.75) is 0 Å². The maximum atomic E-state index is 6.39. The molecular formula is C46H29NO2. The van der Waals surface area contributed by atoms with Crippen LogP contribution >= 0.6 is 0 Å². The van der Waals surface area contributed by atoms with Gasteiger partial charge in [-0.15, -0.1) is 0 Å². The first-order chi connectivity index (χ1) is 24.3. The van der Waals surface area contributed by atoms with Crippen LogP contribution in [0.15, 0.2) is 185 Å². The first kappa shape index (κ1) is 27.5. The number of furan rings is 2. The molecule has 10 aromatic rings. The van der Waals surface area contributed by atoms with Gasteiger partial charge >= 0.3 is 0 Å². The van der Waals surface area contributed by atoms with E-state index in [1.165, 1.54) is 16.3 Å². The number of hydrogen-bond acceptors (Lipinski definition) is 3. The van der Waals surface area contributed by atoms with Gasteiger partial charge in [-0.1, -0.05) is 115 Å². The Morgan fingerprint density at radius 1 is 0.347 bits per heavy atom. The second-order valence-corrected chi connectivity index (χ2v) is 12.5. The lowest BCUT2D eigenvalue weighted by molar-refractivity contribution is 0.668. The Morgan fingerprint density at radius 2 is 0.898 bits per heavy atom. The molecule has 10 rings (SSSR count). The Hall–Kier alpha value is -6.58. The van der Waals surface area contributed by atoms with E-state index in [9.17, 15) is 0 Å². The van der Waals surface area contributed by atoms with Gasteiger partial charge in [0, 0.05) is 27.5 Å². The highest BCUT2D eigenvalue weighted by molar-refractivity contribution is 6.14. The van der Waals surface area contributed by atoms with Gasteiger partial charge in [-0.25, -0.2) is 0 Å². The van der Waals surface area contributed by atoms with Gasteiger partial charge in [-0.05, 0) is 93.7 Å². The molecule has 230 valence electrons. The summed E-state index contributed by atoms with van der Waals surface area (Å²) in [5.74, 6) is 0. The second-order valence-electron chi connectivity index (χ2n) is 12.5. The summed E-state index contributed by atoms with van der Waals surface area (Å²) in [5.41, 5.74) is 11.3. The third-order valence-corrected chi connectivity index (χ3v) is 9.63. The predicted molar refractivity (Wildman–Crippen MR) is 204 cm³/mol. The van der Waals surface area contributed by atoms with Crippen molar-refractivity contribution in [3.63, 3.8) is 0 Å². The summed E-state index contributed by atoms with van der Waals surface area (Å²) in [5, 5.41) is 6.89. The fourth-order valence-electron chi connectivity index (χ4n) is 7.39. The van der Waals surface area contributed by atoms with Gasteiger partial charge in [0.1, 0.15) is 22.3 Å². The van der Waals surface area contributed by atoms with Crippen LogP contribution in [0, 0.1) is 0 Å². The molecule has 2 heterocycles. The quantitative estimate of drug-likeness (QED) is 0.190. The highest BCUT2D eigenvalue weighted by Crippen LogP contribution is 2.45. The molecule has 2 aromatic heterocycles. The van der Waals surface area contributed by atoms with Crippen molar-refractivity contribution in [3.8, 4) is 22.3 Å². The number of hydrogen-bond donors (Lipinski definition) is 0. The number of rotatable bonds is 5. The smallest absolute Gasteiger partial charge is 0.137 e. The molecule has 3 heteroatoms. The van der Waals surface area contributed by atoms with Crippen LogP contribution in [0.2, 0.25) is 0 Å².